The second-order valence-electron chi connectivity index (χ2n) is 5.19. The van der Waals surface area contributed by atoms with Gasteiger partial charge in [-0.05, 0) is 25.8 Å². The quantitative estimate of drug-likeness (QED) is 0.893. The maximum Gasteiger partial charge on any atom is 0.345 e. The average molecular weight is 288 g/mol. The van der Waals surface area contributed by atoms with E-state index in [9.17, 15) is 9.59 Å². The smallest absolute Gasteiger partial charge is 0.345 e. The molecule has 0 bridgehead atoms. The molecule has 7 heteroatoms. The molecule has 1 amide bonds. The number of hydrogen-bond acceptors (Lipinski definition) is 5. The highest BCUT2D eigenvalue weighted by Gasteiger charge is 2.28. The third-order valence-electron chi connectivity index (χ3n) is 3.79. The van der Waals surface area contributed by atoms with Crippen LogP contribution in [0.15, 0.2) is 27.9 Å². The Morgan fingerprint density at radius 3 is 3.05 bits per heavy atom. The van der Waals surface area contributed by atoms with Crippen LogP contribution in [0.1, 0.15) is 40.7 Å². The van der Waals surface area contributed by atoms with E-state index in [1.807, 2.05) is 0 Å². The lowest BCUT2D eigenvalue weighted by Crippen LogP contribution is -2.39. The number of likely N-dealkylation sites (tertiary alicyclic amines) is 1. The topological polar surface area (TPSA) is 92.1 Å². The van der Waals surface area contributed by atoms with Gasteiger partial charge in [-0.2, -0.15) is 0 Å². The van der Waals surface area contributed by atoms with Crippen LogP contribution in [0.4, 0.5) is 0 Å². The van der Waals surface area contributed by atoms with E-state index in [1.54, 1.807) is 17.9 Å². The van der Waals surface area contributed by atoms with Crippen molar-refractivity contribution in [3.8, 4) is 0 Å². The molecular weight excluding hydrogens is 272 g/mol. The molecule has 0 radical (unpaired) electrons. The van der Waals surface area contributed by atoms with Gasteiger partial charge in [-0.1, -0.05) is 0 Å². The minimum absolute atomic E-state index is 0.113. The summed E-state index contributed by atoms with van der Waals surface area (Å²) in [6.45, 7) is 2.99. The van der Waals surface area contributed by atoms with E-state index < -0.39 is 0 Å². The van der Waals surface area contributed by atoms with Crippen LogP contribution < -0.4 is 5.69 Å². The summed E-state index contributed by atoms with van der Waals surface area (Å²) in [5.74, 6) is 0.256. The summed E-state index contributed by atoms with van der Waals surface area (Å²) in [7, 11) is 0. The van der Waals surface area contributed by atoms with Crippen LogP contribution in [-0.4, -0.2) is 38.8 Å². The predicted molar refractivity (Wildman–Crippen MR) is 74.0 cm³/mol. The largest absolute Gasteiger partial charge is 0.438 e. The number of oxazole rings is 1. The number of carbonyl (C=O) groups excluding carboxylic acids is 1. The number of piperidine rings is 1. The summed E-state index contributed by atoms with van der Waals surface area (Å²) in [4.78, 5) is 35.8. The first-order chi connectivity index (χ1) is 10.1. The van der Waals surface area contributed by atoms with E-state index in [0.29, 0.717) is 24.5 Å². The molecule has 1 atom stereocenters. The highest BCUT2D eigenvalue weighted by Crippen LogP contribution is 2.26. The minimum Gasteiger partial charge on any atom is -0.438 e. The van der Waals surface area contributed by atoms with Gasteiger partial charge in [0.2, 0.25) is 5.76 Å². The predicted octanol–water partition coefficient (Wildman–Crippen LogP) is 1.09. The molecule has 2 aromatic heterocycles. The van der Waals surface area contributed by atoms with Gasteiger partial charge in [-0.25, -0.2) is 14.8 Å². The molecule has 0 aromatic carbocycles. The Balaban J connectivity index is 1.79. The van der Waals surface area contributed by atoms with Crippen molar-refractivity contribution in [1.82, 2.24) is 19.9 Å². The summed E-state index contributed by atoms with van der Waals surface area (Å²) >= 11 is 0. The summed E-state index contributed by atoms with van der Waals surface area (Å²) in [5.41, 5.74) is 1.06. The third-order valence-corrected chi connectivity index (χ3v) is 3.79. The van der Waals surface area contributed by atoms with Crippen LogP contribution in [0.25, 0.3) is 0 Å². The van der Waals surface area contributed by atoms with E-state index in [1.165, 1.54) is 12.6 Å². The first-order valence-corrected chi connectivity index (χ1v) is 6.89. The molecule has 1 aliphatic heterocycles. The molecule has 7 nitrogen and oxygen atoms in total. The second kappa shape index (κ2) is 5.51. The molecule has 1 saturated heterocycles. The molecule has 0 aliphatic carbocycles. The lowest BCUT2D eigenvalue weighted by molar-refractivity contribution is 0.0672. The summed E-state index contributed by atoms with van der Waals surface area (Å²) in [5, 5.41) is 0. The molecule has 1 aliphatic rings. The van der Waals surface area contributed by atoms with Gasteiger partial charge in [0.1, 0.15) is 0 Å². The fourth-order valence-electron chi connectivity index (χ4n) is 2.69. The van der Waals surface area contributed by atoms with E-state index in [4.69, 9.17) is 4.42 Å². The molecule has 1 fully saturated rings. The number of nitrogens with one attached hydrogen (secondary N) is 1. The van der Waals surface area contributed by atoms with Crippen LogP contribution in [0, 0.1) is 6.92 Å². The number of H-pyrrole nitrogens is 1. The molecule has 0 saturated carbocycles. The Hall–Kier alpha value is -2.44. The van der Waals surface area contributed by atoms with Crippen molar-refractivity contribution in [3.63, 3.8) is 0 Å². The third kappa shape index (κ3) is 2.72. The number of nitrogens with zero attached hydrogens (tertiary/aromatic N) is 3. The zero-order valence-corrected chi connectivity index (χ0v) is 11.7. The van der Waals surface area contributed by atoms with Crippen molar-refractivity contribution in [2.45, 2.75) is 25.7 Å². The van der Waals surface area contributed by atoms with Crippen LogP contribution in [-0.2, 0) is 0 Å². The SMILES string of the molecule is Cc1ncoc1C(=O)N1CCC[C@H](c2ccnc(=O)[nH]2)C1. The fourth-order valence-corrected chi connectivity index (χ4v) is 2.69. The monoisotopic (exact) mass is 288 g/mol. The molecule has 3 heterocycles. The molecular formula is C14H16N4O3. The maximum absolute atomic E-state index is 12.4. The van der Waals surface area contributed by atoms with Gasteiger partial charge in [0, 0.05) is 30.9 Å². The van der Waals surface area contributed by atoms with Crippen molar-refractivity contribution in [2.24, 2.45) is 0 Å². The zero-order valence-electron chi connectivity index (χ0n) is 11.7. The van der Waals surface area contributed by atoms with Crippen molar-refractivity contribution in [2.75, 3.05) is 13.1 Å². The molecule has 0 unspecified atom stereocenters. The van der Waals surface area contributed by atoms with E-state index >= 15 is 0 Å². The van der Waals surface area contributed by atoms with Gasteiger partial charge in [-0.15, -0.1) is 0 Å². The van der Waals surface area contributed by atoms with Gasteiger partial charge in [-0.3, -0.25) is 4.79 Å². The summed E-state index contributed by atoms with van der Waals surface area (Å²) in [6.07, 6.45) is 4.59. The number of rotatable bonds is 2. The second-order valence-corrected chi connectivity index (χ2v) is 5.19. The number of aromatic amines is 1. The highest BCUT2D eigenvalue weighted by atomic mass is 16.3. The van der Waals surface area contributed by atoms with Crippen LogP contribution >= 0.6 is 0 Å². The first-order valence-electron chi connectivity index (χ1n) is 6.89. The Morgan fingerprint density at radius 1 is 1.48 bits per heavy atom. The van der Waals surface area contributed by atoms with Gasteiger partial charge in [0.15, 0.2) is 6.39 Å². The van der Waals surface area contributed by atoms with Gasteiger partial charge in [0.05, 0.1) is 5.69 Å². The zero-order chi connectivity index (χ0) is 14.8. The van der Waals surface area contributed by atoms with Gasteiger partial charge < -0.3 is 14.3 Å². The lowest BCUT2D eigenvalue weighted by atomic mass is 9.94. The van der Waals surface area contributed by atoms with Crippen LogP contribution in [0.2, 0.25) is 0 Å². The van der Waals surface area contributed by atoms with Crippen molar-refractivity contribution >= 4 is 5.91 Å². The Labute approximate surface area is 121 Å². The van der Waals surface area contributed by atoms with Crippen LogP contribution in [0.5, 0.6) is 0 Å². The molecule has 110 valence electrons. The minimum atomic E-state index is -0.359. The number of hydrogen-bond donors (Lipinski definition) is 1. The Bertz CT molecular complexity index is 706. The average Bonchev–Trinajstić information content (AvgIpc) is 2.93. The molecule has 0 spiro atoms. The Morgan fingerprint density at radius 2 is 2.33 bits per heavy atom. The number of aryl methyl sites for hydroxylation is 1. The fraction of sp³-hybridized carbons (Fsp3) is 0.429. The standard InChI is InChI=1S/C14H16N4O3/c1-9-12(21-8-16-9)13(19)18-6-2-3-10(7-18)11-4-5-15-14(20)17-11/h4-5,8,10H,2-3,6-7H2,1H3,(H,15,17,20)/t10-/m0/s1. The molecule has 3 rings (SSSR count). The van der Waals surface area contributed by atoms with E-state index in [0.717, 1.165) is 18.5 Å². The van der Waals surface area contributed by atoms with Crippen molar-refractivity contribution < 1.29 is 9.21 Å². The van der Waals surface area contributed by atoms with Crippen LogP contribution in [0.3, 0.4) is 0 Å². The van der Waals surface area contributed by atoms with E-state index in [-0.39, 0.29) is 17.5 Å². The van der Waals surface area contributed by atoms with Gasteiger partial charge >= 0.3 is 5.69 Å². The molecule has 21 heavy (non-hydrogen) atoms. The number of carbonyl (C=O) groups is 1. The van der Waals surface area contributed by atoms with Crippen molar-refractivity contribution in [3.05, 3.63) is 46.3 Å². The van der Waals surface area contributed by atoms with Crippen molar-refractivity contribution in [1.29, 1.82) is 0 Å². The highest BCUT2D eigenvalue weighted by molar-refractivity contribution is 5.92. The Kier molecular flexibility index (Phi) is 3.55. The van der Waals surface area contributed by atoms with E-state index in [2.05, 4.69) is 15.0 Å². The number of aromatic nitrogens is 3. The maximum atomic E-state index is 12.4. The number of amides is 1. The summed E-state index contributed by atoms with van der Waals surface area (Å²) < 4.78 is 5.17. The molecule has 2 aromatic rings. The molecule has 1 N–H and O–H groups in total. The summed E-state index contributed by atoms with van der Waals surface area (Å²) in [6, 6.07) is 1.79. The van der Waals surface area contributed by atoms with Gasteiger partial charge in [0.25, 0.3) is 5.91 Å². The lowest BCUT2D eigenvalue weighted by Gasteiger charge is -2.32. The first kappa shape index (κ1) is 13.5. The normalized spacial score (nSPS) is 18.7.